The molecule has 1 heterocycles. The van der Waals surface area contributed by atoms with E-state index in [4.69, 9.17) is 0 Å². The number of benzene rings is 1. The Labute approximate surface area is 142 Å². The van der Waals surface area contributed by atoms with Crippen LogP contribution in [0.1, 0.15) is 30.0 Å². The van der Waals surface area contributed by atoms with Crippen molar-refractivity contribution < 1.29 is 18.0 Å². The number of nitrogens with one attached hydrogen (secondary N) is 1. The summed E-state index contributed by atoms with van der Waals surface area (Å²) in [6.07, 6.45) is -1.57. The van der Waals surface area contributed by atoms with Gasteiger partial charge in [-0.25, -0.2) is 0 Å². The van der Waals surface area contributed by atoms with Crippen LogP contribution >= 0.6 is 0 Å². The van der Waals surface area contributed by atoms with Crippen molar-refractivity contribution >= 4 is 5.91 Å². The van der Waals surface area contributed by atoms with Crippen molar-refractivity contribution in [2.24, 2.45) is 5.92 Å². The van der Waals surface area contributed by atoms with Crippen molar-refractivity contribution in [3.05, 3.63) is 70.1 Å². The van der Waals surface area contributed by atoms with Gasteiger partial charge in [0.2, 0.25) is 5.91 Å². The van der Waals surface area contributed by atoms with E-state index in [2.05, 4.69) is 5.32 Å². The third-order valence-corrected chi connectivity index (χ3v) is 4.21. The number of carbonyl (C=O) groups excluding carboxylic acids is 1. The van der Waals surface area contributed by atoms with Gasteiger partial charge in [0.25, 0.3) is 5.56 Å². The van der Waals surface area contributed by atoms with E-state index in [1.165, 1.54) is 6.20 Å². The largest absolute Gasteiger partial charge is 0.421 e. The molecular weight excluding hydrogens is 333 g/mol. The smallest absolute Gasteiger partial charge is 0.347 e. The lowest BCUT2D eigenvalue weighted by atomic mass is 10.0. The summed E-state index contributed by atoms with van der Waals surface area (Å²) in [4.78, 5) is 24.2. The average molecular weight is 350 g/mol. The van der Waals surface area contributed by atoms with E-state index in [1.807, 2.05) is 30.3 Å². The van der Waals surface area contributed by atoms with Crippen LogP contribution in [0.15, 0.2) is 53.5 Å². The molecule has 0 spiro atoms. The fraction of sp³-hybridized carbons (Fsp3) is 0.333. The van der Waals surface area contributed by atoms with Crippen molar-refractivity contribution in [3.8, 4) is 0 Å². The van der Waals surface area contributed by atoms with Crippen molar-refractivity contribution in [3.63, 3.8) is 0 Å². The van der Waals surface area contributed by atoms with Gasteiger partial charge < -0.3 is 9.88 Å². The number of carbonyl (C=O) groups is 1. The van der Waals surface area contributed by atoms with Crippen LogP contribution in [-0.2, 0) is 17.5 Å². The molecule has 1 fully saturated rings. The second-order valence-corrected chi connectivity index (χ2v) is 6.15. The van der Waals surface area contributed by atoms with Gasteiger partial charge in [-0.15, -0.1) is 0 Å². The van der Waals surface area contributed by atoms with Crippen LogP contribution in [0.2, 0.25) is 0 Å². The Morgan fingerprint density at radius 3 is 2.44 bits per heavy atom. The van der Waals surface area contributed by atoms with Crippen LogP contribution in [0.5, 0.6) is 0 Å². The first-order valence-corrected chi connectivity index (χ1v) is 7.97. The molecule has 7 heteroatoms. The third kappa shape index (κ3) is 4.10. The minimum absolute atomic E-state index is 0.185. The predicted octanol–water partition coefficient (Wildman–Crippen LogP) is 3.13. The minimum atomic E-state index is -4.74. The number of hydrogen-bond acceptors (Lipinski definition) is 2. The fourth-order valence-corrected chi connectivity index (χ4v) is 2.81. The van der Waals surface area contributed by atoms with Crippen LogP contribution in [0.3, 0.4) is 0 Å². The minimum Gasteiger partial charge on any atom is -0.347 e. The van der Waals surface area contributed by atoms with E-state index in [0.29, 0.717) is 12.0 Å². The molecule has 132 valence electrons. The highest BCUT2D eigenvalue weighted by atomic mass is 19.4. The topological polar surface area (TPSA) is 51.1 Å². The molecule has 1 atom stereocenters. The molecule has 0 radical (unpaired) electrons. The fourth-order valence-electron chi connectivity index (χ4n) is 2.81. The number of halogens is 3. The van der Waals surface area contributed by atoms with Crippen molar-refractivity contribution in [1.82, 2.24) is 9.88 Å². The molecule has 1 aliphatic rings. The first-order valence-electron chi connectivity index (χ1n) is 7.97. The molecule has 0 saturated heterocycles. The number of aromatic nitrogens is 1. The van der Waals surface area contributed by atoms with E-state index in [9.17, 15) is 22.8 Å². The van der Waals surface area contributed by atoms with Gasteiger partial charge in [-0.2, -0.15) is 13.2 Å². The number of hydrogen-bond donors (Lipinski definition) is 1. The van der Waals surface area contributed by atoms with Crippen LogP contribution in [0.25, 0.3) is 0 Å². The van der Waals surface area contributed by atoms with Gasteiger partial charge in [0.15, 0.2) is 0 Å². The molecule has 4 nitrogen and oxygen atoms in total. The second-order valence-electron chi connectivity index (χ2n) is 6.15. The monoisotopic (exact) mass is 350 g/mol. The molecule has 3 rings (SSSR count). The number of pyridine rings is 1. The molecule has 1 aliphatic carbocycles. The average Bonchev–Trinajstić information content (AvgIpc) is 3.39. The van der Waals surface area contributed by atoms with Gasteiger partial charge in [-0.05, 0) is 36.5 Å². The van der Waals surface area contributed by atoms with Crippen molar-refractivity contribution in [2.45, 2.75) is 31.6 Å². The Balaban J connectivity index is 1.75. The van der Waals surface area contributed by atoms with Crippen molar-refractivity contribution in [1.29, 1.82) is 0 Å². The summed E-state index contributed by atoms with van der Waals surface area (Å²) in [6, 6.07) is 11.1. The standard InChI is InChI=1S/C18H17F3N2O2/c19-18(20,21)14-7-4-10-23(17(14)25)11-15(24)22-16(13-8-9-13)12-5-2-1-3-6-12/h1-7,10,13,16H,8-9,11H2,(H,22,24). The van der Waals surface area contributed by atoms with Gasteiger partial charge >= 0.3 is 6.18 Å². The molecule has 1 saturated carbocycles. The van der Waals surface area contributed by atoms with E-state index < -0.39 is 29.8 Å². The Kier molecular flexibility index (Phi) is 4.65. The Morgan fingerprint density at radius 1 is 1.16 bits per heavy atom. The Bertz CT molecular complexity index is 811. The maximum Gasteiger partial charge on any atom is 0.421 e. The van der Waals surface area contributed by atoms with E-state index in [1.54, 1.807) is 0 Å². The zero-order chi connectivity index (χ0) is 18.0. The molecule has 2 aromatic rings. The van der Waals surface area contributed by atoms with Crippen LogP contribution in [-0.4, -0.2) is 10.5 Å². The molecule has 1 amide bonds. The summed E-state index contributed by atoms with van der Waals surface area (Å²) in [5.74, 6) is -0.160. The van der Waals surface area contributed by atoms with Crippen LogP contribution < -0.4 is 10.9 Å². The Hall–Kier alpha value is -2.57. The van der Waals surface area contributed by atoms with Crippen LogP contribution in [0.4, 0.5) is 13.2 Å². The summed E-state index contributed by atoms with van der Waals surface area (Å²) in [5, 5.41) is 2.85. The van der Waals surface area contributed by atoms with Gasteiger partial charge in [0, 0.05) is 6.20 Å². The van der Waals surface area contributed by atoms with Crippen LogP contribution in [0, 0.1) is 5.92 Å². The maximum absolute atomic E-state index is 12.8. The normalized spacial score (nSPS) is 15.6. The highest BCUT2D eigenvalue weighted by molar-refractivity contribution is 5.76. The molecule has 1 N–H and O–H groups in total. The quantitative estimate of drug-likeness (QED) is 0.901. The summed E-state index contributed by atoms with van der Waals surface area (Å²) < 4.78 is 39.2. The summed E-state index contributed by atoms with van der Waals surface area (Å²) in [5.41, 5.74) is -1.54. The molecule has 1 unspecified atom stereocenters. The highest BCUT2D eigenvalue weighted by Gasteiger charge is 2.35. The van der Waals surface area contributed by atoms with Gasteiger partial charge in [0.05, 0.1) is 6.04 Å². The number of amides is 1. The first-order chi connectivity index (χ1) is 11.9. The predicted molar refractivity (Wildman–Crippen MR) is 85.8 cm³/mol. The first kappa shape index (κ1) is 17.3. The lowest BCUT2D eigenvalue weighted by Gasteiger charge is -2.19. The van der Waals surface area contributed by atoms with E-state index in [0.717, 1.165) is 29.0 Å². The number of alkyl halides is 3. The second kappa shape index (κ2) is 6.74. The molecule has 1 aromatic heterocycles. The zero-order valence-electron chi connectivity index (χ0n) is 13.3. The molecule has 1 aromatic carbocycles. The highest BCUT2D eigenvalue weighted by Crippen LogP contribution is 2.40. The Morgan fingerprint density at radius 2 is 1.84 bits per heavy atom. The molecule has 0 aliphatic heterocycles. The maximum atomic E-state index is 12.8. The van der Waals surface area contributed by atoms with Gasteiger partial charge in [0.1, 0.15) is 12.1 Å². The van der Waals surface area contributed by atoms with Crippen molar-refractivity contribution in [2.75, 3.05) is 0 Å². The molecule has 0 bridgehead atoms. The molecule has 25 heavy (non-hydrogen) atoms. The van der Waals surface area contributed by atoms with Gasteiger partial charge in [-0.1, -0.05) is 30.3 Å². The summed E-state index contributed by atoms with van der Waals surface area (Å²) >= 11 is 0. The lowest BCUT2D eigenvalue weighted by molar-refractivity contribution is -0.139. The number of rotatable bonds is 5. The third-order valence-electron chi connectivity index (χ3n) is 4.21. The lowest BCUT2D eigenvalue weighted by Crippen LogP contribution is -2.37. The van der Waals surface area contributed by atoms with E-state index >= 15 is 0 Å². The zero-order valence-corrected chi connectivity index (χ0v) is 13.3. The SMILES string of the molecule is O=C(Cn1cccc(C(F)(F)F)c1=O)NC(c1ccccc1)C1CC1. The summed E-state index contributed by atoms with van der Waals surface area (Å²) in [7, 11) is 0. The molecular formula is C18H17F3N2O2. The summed E-state index contributed by atoms with van der Waals surface area (Å²) in [6.45, 7) is -0.446. The number of nitrogens with zero attached hydrogens (tertiary/aromatic N) is 1. The van der Waals surface area contributed by atoms with Gasteiger partial charge in [-0.3, -0.25) is 9.59 Å². The van der Waals surface area contributed by atoms with E-state index in [-0.39, 0.29) is 6.04 Å².